The maximum atomic E-state index is 4.25. The Hall–Kier alpha value is 1.80. The zero-order chi connectivity index (χ0) is 2.00. The van der Waals surface area contributed by atoms with E-state index in [0.717, 1.165) is 0 Å². The molecule has 27 valence electrons. The second kappa shape index (κ2) is 21.4. The minimum atomic E-state index is 0. The van der Waals surface area contributed by atoms with E-state index in [-0.39, 0.29) is 66.4 Å². The molecular formula is C2H4BrEu-. The van der Waals surface area contributed by atoms with Crippen molar-refractivity contribution in [2.75, 3.05) is 0 Å². The maximum absolute atomic E-state index is 4.25. The molecule has 0 aliphatic rings. The van der Waals surface area contributed by atoms with E-state index in [2.05, 4.69) is 13.2 Å². The summed E-state index contributed by atoms with van der Waals surface area (Å²) < 4.78 is 0. The van der Waals surface area contributed by atoms with Crippen LogP contribution in [0.5, 0.6) is 0 Å². The molecule has 0 aliphatic carbocycles. The molecule has 0 nitrogen and oxygen atoms in total. The van der Waals surface area contributed by atoms with Crippen LogP contribution in [0.3, 0.4) is 0 Å². The van der Waals surface area contributed by atoms with E-state index in [0.29, 0.717) is 0 Å². The molecule has 0 spiro atoms. The van der Waals surface area contributed by atoms with Gasteiger partial charge in [-0.05, 0) is 0 Å². The average Bonchev–Trinajstić information content (AvgIpc) is 1.00. The molecule has 2 heteroatoms. The summed E-state index contributed by atoms with van der Waals surface area (Å²) in [4.78, 5) is 0. The van der Waals surface area contributed by atoms with E-state index in [1.807, 2.05) is 0 Å². The Kier molecular flexibility index (Phi) is 91.0. The van der Waals surface area contributed by atoms with Crippen molar-refractivity contribution < 1.29 is 49.4 Å². The molecular weight excluding hydrogens is 256 g/mol. The van der Waals surface area contributed by atoms with Crippen LogP contribution in [0.4, 0.5) is 0 Å². The van der Waals surface area contributed by atoms with Gasteiger partial charge in [-0.15, -0.1) is 17.0 Å². The molecule has 0 aromatic rings. The van der Waals surface area contributed by atoms with Crippen molar-refractivity contribution in [1.82, 2.24) is 0 Å². The van der Waals surface area contributed by atoms with E-state index in [9.17, 15) is 0 Å². The van der Waals surface area contributed by atoms with Crippen molar-refractivity contribution >= 4 is 17.0 Å². The molecule has 0 amide bonds. The van der Waals surface area contributed by atoms with Gasteiger partial charge >= 0.3 is 0 Å². The number of rotatable bonds is 0. The van der Waals surface area contributed by atoms with Crippen LogP contribution in [0, 0.1) is 56.0 Å². The first-order chi connectivity index (χ1) is 1.00. The molecule has 0 bridgehead atoms. The van der Waals surface area contributed by atoms with Crippen molar-refractivity contribution in [1.29, 1.82) is 0 Å². The van der Waals surface area contributed by atoms with Gasteiger partial charge in [0.25, 0.3) is 0 Å². The van der Waals surface area contributed by atoms with E-state index in [1.165, 1.54) is 0 Å². The fourth-order valence-corrected chi connectivity index (χ4v) is 0. The fraction of sp³-hybridized carbons (Fsp3) is 0. The minimum Gasteiger partial charge on any atom is -0.521 e. The predicted molar refractivity (Wildman–Crippen MR) is 20.2 cm³/mol. The van der Waals surface area contributed by atoms with E-state index in [4.69, 9.17) is 0 Å². The standard InChI is InChI=1S/C2H3.BrH.Eu/c1-2;;/h1H,2H2;1H;/q-1;;. The third-order valence-electron chi connectivity index (χ3n) is 0. The zero-order valence-corrected chi connectivity index (χ0v) is 6.21. The van der Waals surface area contributed by atoms with Gasteiger partial charge in [-0.2, -0.15) is 0 Å². The normalized spacial score (nSPS) is 1.00. The minimum absolute atomic E-state index is 0. The molecule has 0 aliphatic heterocycles. The smallest absolute Gasteiger partial charge is 0 e. The second-order valence-corrected chi connectivity index (χ2v) is 0. The third-order valence-corrected chi connectivity index (χ3v) is 0. The van der Waals surface area contributed by atoms with Gasteiger partial charge in [0, 0.05) is 49.4 Å². The van der Waals surface area contributed by atoms with Crippen molar-refractivity contribution in [3.8, 4) is 0 Å². The van der Waals surface area contributed by atoms with Crippen molar-refractivity contribution in [3.63, 3.8) is 0 Å². The van der Waals surface area contributed by atoms with Gasteiger partial charge in [-0.1, -0.05) is 0 Å². The Morgan fingerprint density at radius 3 is 1.25 bits per heavy atom. The van der Waals surface area contributed by atoms with Gasteiger partial charge in [0.1, 0.15) is 0 Å². The van der Waals surface area contributed by atoms with Crippen molar-refractivity contribution in [2.45, 2.75) is 0 Å². The number of halogens is 1. The van der Waals surface area contributed by atoms with Crippen LogP contribution in [-0.2, 0) is 0 Å². The Labute approximate surface area is 78.0 Å². The quantitative estimate of drug-likeness (QED) is 0.574. The number of hydrogen-bond acceptors (Lipinski definition) is 0. The van der Waals surface area contributed by atoms with Gasteiger partial charge in [0.2, 0.25) is 0 Å². The summed E-state index contributed by atoms with van der Waals surface area (Å²) in [5, 5.41) is 0. The molecule has 0 aromatic carbocycles. The van der Waals surface area contributed by atoms with Crippen LogP contribution in [-0.4, -0.2) is 0 Å². The zero-order valence-electron chi connectivity index (χ0n) is 2.07. The largest absolute Gasteiger partial charge is 0.521 e. The summed E-state index contributed by atoms with van der Waals surface area (Å²) in [7, 11) is 0. The Morgan fingerprint density at radius 2 is 1.25 bits per heavy atom. The first kappa shape index (κ1) is 17.0. The number of hydrogen-bond donors (Lipinski definition) is 0. The molecule has 0 heterocycles. The maximum Gasteiger partial charge on any atom is 0 e. The Bertz CT molecular complexity index is 6.00. The molecule has 0 N–H and O–H groups in total. The van der Waals surface area contributed by atoms with E-state index >= 15 is 0 Å². The van der Waals surface area contributed by atoms with E-state index in [1.54, 1.807) is 0 Å². The second-order valence-electron chi connectivity index (χ2n) is 0. The van der Waals surface area contributed by atoms with Crippen molar-refractivity contribution in [3.05, 3.63) is 13.2 Å². The molecule has 0 saturated heterocycles. The first-order valence-corrected chi connectivity index (χ1v) is 0.408. The van der Waals surface area contributed by atoms with Crippen LogP contribution in [0.2, 0.25) is 0 Å². The van der Waals surface area contributed by atoms with Crippen LogP contribution in [0.1, 0.15) is 0 Å². The van der Waals surface area contributed by atoms with Crippen LogP contribution in [0.25, 0.3) is 0 Å². The summed E-state index contributed by atoms with van der Waals surface area (Å²) in [6.45, 7) is 7.00. The van der Waals surface area contributed by atoms with Gasteiger partial charge < -0.3 is 6.58 Å². The molecule has 0 unspecified atom stereocenters. The Balaban J connectivity index is -0.00000000500. The summed E-state index contributed by atoms with van der Waals surface area (Å²) in [5.41, 5.74) is 0. The van der Waals surface area contributed by atoms with Gasteiger partial charge in [0.05, 0.1) is 0 Å². The summed E-state index contributed by atoms with van der Waals surface area (Å²) >= 11 is 0. The SMILES string of the molecule is Br.[CH-]=C.[Eu]. The topological polar surface area (TPSA) is 0 Å². The molecule has 0 saturated carbocycles. The van der Waals surface area contributed by atoms with E-state index < -0.39 is 0 Å². The van der Waals surface area contributed by atoms with Crippen LogP contribution in [0.15, 0.2) is 6.58 Å². The van der Waals surface area contributed by atoms with Crippen LogP contribution >= 0.6 is 17.0 Å². The first-order valence-electron chi connectivity index (χ1n) is 0.408. The molecule has 0 rings (SSSR count). The summed E-state index contributed by atoms with van der Waals surface area (Å²) in [5.74, 6) is 0. The molecule has 0 fully saturated rings. The molecule has 0 aromatic heterocycles. The fourth-order valence-electron chi connectivity index (χ4n) is 0. The molecule has 0 atom stereocenters. The summed E-state index contributed by atoms with van der Waals surface area (Å²) in [6.07, 6.45) is 0. The molecule has 4 heavy (non-hydrogen) atoms. The third kappa shape index (κ3) is 9.19. The average molecular weight is 260 g/mol. The Morgan fingerprint density at radius 1 is 1.25 bits per heavy atom. The molecule has 1 radical (unpaired) electrons. The van der Waals surface area contributed by atoms with Gasteiger partial charge in [-0.25, -0.2) is 0 Å². The van der Waals surface area contributed by atoms with Crippen LogP contribution < -0.4 is 0 Å². The van der Waals surface area contributed by atoms with Gasteiger partial charge in [0.15, 0.2) is 0 Å². The van der Waals surface area contributed by atoms with Gasteiger partial charge in [-0.3, -0.25) is 6.58 Å². The summed E-state index contributed by atoms with van der Waals surface area (Å²) in [6, 6.07) is 0. The monoisotopic (exact) mass is 260 g/mol. The van der Waals surface area contributed by atoms with Crippen molar-refractivity contribution in [2.24, 2.45) is 0 Å². The predicted octanol–water partition coefficient (Wildman–Crippen LogP) is 1.18.